The van der Waals surface area contributed by atoms with Crippen molar-refractivity contribution in [3.8, 4) is 5.88 Å². The number of ether oxygens (including phenoxy) is 1. The minimum atomic E-state index is 0.473. The van der Waals surface area contributed by atoms with E-state index in [0.717, 1.165) is 9.92 Å². The van der Waals surface area contributed by atoms with Crippen LogP contribution in [-0.4, -0.2) is 12.1 Å². The monoisotopic (exact) mass is 232 g/mol. The molecule has 2 aromatic rings. The predicted octanol–water partition coefficient (Wildman–Crippen LogP) is 2.82. The molecule has 1 aromatic carbocycles. The highest BCUT2D eigenvalue weighted by molar-refractivity contribution is 7.99. The summed E-state index contributed by atoms with van der Waals surface area (Å²) < 4.78 is 5.07. The summed E-state index contributed by atoms with van der Waals surface area (Å²) >= 11 is 1.58. The van der Waals surface area contributed by atoms with Crippen LogP contribution in [0.25, 0.3) is 0 Å². The fourth-order valence-electron chi connectivity index (χ4n) is 1.26. The van der Waals surface area contributed by atoms with Crippen molar-refractivity contribution in [1.82, 2.24) is 4.98 Å². The molecule has 0 radical (unpaired) electrons. The maximum atomic E-state index is 5.70. The van der Waals surface area contributed by atoms with Crippen LogP contribution >= 0.6 is 11.8 Å². The van der Waals surface area contributed by atoms with Crippen LogP contribution in [-0.2, 0) is 0 Å². The molecule has 2 rings (SSSR count). The lowest BCUT2D eigenvalue weighted by Crippen LogP contribution is -1.95. The molecule has 1 aromatic heterocycles. The van der Waals surface area contributed by atoms with Crippen LogP contribution in [0.2, 0.25) is 0 Å². The molecule has 0 aliphatic heterocycles. The molecule has 0 spiro atoms. The molecule has 3 nitrogen and oxygen atoms in total. The first-order valence-electron chi connectivity index (χ1n) is 4.83. The quantitative estimate of drug-likeness (QED) is 0.884. The molecular weight excluding hydrogens is 220 g/mol. The van der Waals surface area contributed by atoms with Gasteiger partial charge < -0.3 is 10.5 Å². The van der Waals surface area contributed by atoms with Crippen molar-refractivity contribution < 1.29 is 4.74 Å². The molecule has 0 unspecified atom stereocenters. The number of methoxy groups -OCH3 is 1. The van der Waals surface area contributed by atoms with Crippen LogP contribution < -0.4 is 10.5 Å². The summed E-state index contributed by atoms with van der Waals surface area (Å²) in [6, 6.07) is 13.7. The number of nitrogens with zero attached hydrogens (tertiary/aromatic N) is 1. The van der Waals surface area contributed by atoms with E-state index in [2.05, 4.69) is 4.98 Å². The first kappa shape index (κ1) is 10.8. The normalized spacial score (nSPS) is 10.1. The van der Waals surface area contributed by atoms with E-state index >= 15 is 0 Å². The van der Waals surface area contributed by atoms with Crippen molar-refractivity contribution in [3.63, 3.8) is 0 Å². The maximum absolute atomic E-state index is 5.70. The maximum Gasteiger partial charge on any atom is 0.237 e. The number of benzene rings is 1. The number of nitrogen functional groups attached to an aromatic ring is 1. The smallest absolute Gasteiger partial charge is 0.237 e. The summed E-state index contributed by atoms with van der Waals surface area (Å²) in [5, 5.41) is 0.872. The number of aromatic nitrogens is 1. The summed E-state index contributed by atoms with van der Waals surface area (Å²) in [5.41, 5.74) is 6.25. The Kier molecular flexibility index (Phi) is 3.31. The van der Waals surface area contributed by atoms with Gasteiger partial charge in [0, 0.05) is 4.90 Å². The number of hydrogen-bond donors (Lipinski definition) is 1. The van der Waals surface area contributed by atoms with Gasteiger partial charge in [0.25, 0.3) is 0 Å². The summed E-state index contributed by atoms with van der Waals surface area (Å²) in [5.74, 6) is 0.473. The molecule has 0 saturated heterocycles. The molecule has 0 bridgehead atoms. The molecule has 16 heavy (non-hydrogen) atoms. The predicted molar refractivity (Wildman–Crippen MR) is 65.8 cm³/mol. The Morgan fingerprint density at radius 1 is 1.12 bits per heavy atom. The van der Waals surface area contributed by atoms with E-state index in [4.69, 9.17) is 10.5 Å². The molecular formula is C12H12N2OS. The van der Waals surface area contributed by atoms with E-state index in [9.17, 15) is 0 Å². The van der Waals surface area contributed by atoms with Crippen LogP contribution in [0, 0.1) is 0 Å². The largest absolute Gasteiger partial charge is 0.480 e. The van der Waals surface area contributed by atoms with E-state index in [1.807, 2.05) is 36.4 Å². The Bertz CT molecular complexity index is 474. The minimum Gasteiger partial charge on any atom is -0.480 e. The minimum absolute atomic E-state index is 0.473. The van der Waals surface area contributed by atoms with Crippen molar-refractivity contribution in [3.05, 3.63) is 42.5 Å². The summed E-state index contributed by atoms with van der Waals surface area (Å²) in [6.07, 6.45) is 0. The van der Waals surface area contributed by atoms with Gasteiger partial charge in [-0.2, -0.15) is 0 Å². The second-order valence-corrected chi connectivity index (χ2v) is 4.26. The molecule has 82 valence electrons. The van der Waals surface area contributed by atoms with Crippen molar-refractivity contribution in [2.24, 2.45) is 0 Å². The number of hydrogen-bond acceptors (Lipinski definition) is 4. The van der Waals surface area contributed by atoms with E-state index < -0.39 is 0 Å². The van der Waals surface area contributed by atoms with Gasteiger partial charge in [0.2, 0.25) is 5.88 Å². The van der Waals surface area contributed by atoms with E-state index in [1.54, 1.807) is 24.9 Å². The molecule has 1 heterocycles. The van der Waals surface area contributed by atoms with Crippen molar-refractivity contribution in [2.45, 2.75) is 9.92 Å². The Labute approximate surface area is 98.6 Å². The topological polar surface area (TPSA) is 48.1 Å². The van der Waals surface area contributed by atoms with Crippen LogP contribution in [0.1, 0.15) is 0 Å². The lowest BCUT2D eigenvalue weighted by molar-refractivity contribution is 0.397. The molecule has 0 atom stereocenters. The van der Waals surface area contributed by atoms with Crippen LogP contribution in [0.3, 0.4) is 0 Å². The summed E-state index contributed by atoms with van der Waals surface area (Å²) in [4.78, 5) is 5.44. The van der Waals surface area contributed by atoms with Gasteiger partial charge in [-0.3, -0.25) is 0 Å². The molecule has 0 aliphatic carbocycles. The number of anilines is 1. The van der Waals surface area contributed by atoms with Crippen LogP contribution in [0.15, 0.2) is 52.4 Å². The zero-order valence-electron chi connectivity index (χ0n) is 8.88. The molecule has 2 N–H and O–H groups in total. The standard InChI is InChI=1S/C12H12N2OS/c1-15-12-10(13)7-8-11(14-12)16-9-5-3-2-4-6-9/h2-8H,13H2,1H3. The second-order valence-electron chi connectivity index (χ2n) is 3.16. The van der Waals surface area contributed by atoms with E-state index in [0.29, 0.717) is 11.6 Å². The molecule has 0 amide bonds. The number of nitrogens with two attached hydrogens (primary N) is 1. The molecule has 4 heteroatoms. The summed E-state index contributed by atoms with van der Waals surface area (Å²) in [6.45, 7) is 0. The van der Waals surface area contributed by atoms with Gasteiger partial charge in [-0.15, -0.1) is 0 Å². The zero-order valence-corrected chi connectivity index (χ0v) is 9.70. The first-order valence-corrected chi connectivity index (χ1v) is 5.64. The Morgan fingerprint density at radius 2 is 1.88 bits per heavy atom. The molecule has 0 saturated carbocycles. The third-order valence-corrected chi connectivity index (χ3v) is 2.97. The van der Waals surface area contributed by atoms with Gasteiger partial charge in [-0.25, -0.2) is 4.98 Å². The fraction of sp³-hybridized carbons (Fsp3) is 0.0833. The average molecular weight is 232 g/mol. The van der Waals surface area contributed by atoms with Crippen LogP contribution in [0.4, 0.5) is 5.69 Å². The zero-order chi connectivity index (χ0) is 11.4. The Morgan fingerprint density at radius 3 is 2.56 bits per heavy atom. The highest BCUT2D eigenvalue weighted by atomic mass is 32.2. The highest BCUT2D eigenvalue weighted by Gasteiger charge is 2.04. The van der Waals surface area contributed by atoms with Gasteiger partial charge in [0.1, 0.15) is 5.03 Å². The Hall–Kier alpha value is -1.68. The van der Waals surface area contributed by atoms with Gasteiger partial charge in [-0.05, 0) is 24.3 Å². The van der Waals surface area contributed by atoms with Gasteiger partial charge in [0.05, 0.1) is 12.8 Å². The van der Waals surface area contributed by atoms with E-state index in [-0.39, 0.29) is 0 Å². The lowest BCUT2D eigenvalue weighted by atomic mass is 10.4. The van der Waals surface area contributed by atoms with Gasteiger partial charge >= 0.3 is 0 Å². The third-order valence-electron chi connectivity index (χ3n) is 2.02. The average Bonchev–Trinajstić information content (AvgIpc) is 2.33. The highest BCUT2D eigenvalue weighted by Crippen LogP contribution is 2.29. The first-order chi connectivity index (χ1) is 7.79. The van der Waals surface area contributed by atoms with Crippen molar-refractivity contribution >= 4 is 17.4 Å². The van der Waals surface area contributed by atoms with Crippen LogP contribution in [0.5, 0.6) is 5.88 Å². The van der Waals surface area contributed by atoms with Gasteiger partial charge in [0.15, 0.2) is 0 Å². The van der Waals surface area contributed by atoms with Crippen molar-refractivity contribution in [1.29, 1.82) is 0 Å². The van der Waals surface area contributed by atoms with Crippen molar-refractivity contribution in [2.75, 3.05) is 12.8 Å². The summed E-state index contributed by atoms with van der Waals surface area (Å²) in [7, 11) is 1.57. The van der Waals surface area contributed by atoms with Gasteiger partial charge in [-0.1, -0.05) is 30.0 Å². The molecule has 0 aliphatic rings. The number of rotatable bonds is 3. The SMILES string of the molecule is COc1nc(Sc2ccccc2)ccc1N. The second kappa shape index (κ2) is 4.90. The number of pyridine rings is 1. The Balaban J connectivity index is 2.22. The molecule has 0 fully saturated rings. The lowest BCUT2D eigenvalue weighted by Gasteiger charge is -2.05. The van der Waals surface area contributed by atoms with E-state index in [1.165, 1.54) is 0 Å². The fourth-order valence-corrected chi connectivity index (χ4v) is 2.06. The third kappa shape index (κ3) is 2.46.